The molecule has 1 aliphatic rings. The van der Waals surface area contributed by atoms with Crippen LogP contribution in [-0.4, -0.2) is 33.1 Å². The molecule has 0 saturated carbocycles. The highest BCUT2D eigenvalue weighted by Gasteiger charge is 2.24. The summed E-state index contributed by atoms with van der Waals surface area (Å²) in [6, 6.07) is 6.08. The van der Waals surface area contributed by atoms with Crippen LogP contribution in [0.25, 0.3) is 22.2 Å². The normalized spacial score (nSPS) is 18.4. The molecule has 0 aromatic carbocycles. The van der Waals surface area contributed by atoms with Gasteiger partial charge in [0.25, 0.3) is 5.89 Å². The minimum absolute atomic E-state index is 0.239. The maximum atomic E-state index is 5.36. The van der Waals surface area contributed by atoms with Crippen molar-refractivity contribution < 1.29 is 9.26 Å². The average molecular weight is 302 g/mol. The molecular formula is C14H14N4O2S. The zero-order chi connectivity index (χ0) is 14.2. The molecular weight excluding hydrogens is 288 g/mol. The van der Waals surface area contributed by atoms with Crippen LogP contribution in [0.15, 0.2) is 28.1 Å². The number of aryl methyl sites for hydroxylation is 1. The number of ether oxygens (including phenoxy) is 1. The Balaban J connectivity index is 1.66. The molecule has 0 radical (unpaired) electrons. The van der Waals surface area contributed by atoms with Crippen LogP contribution in [0.5, 0.6) is 0 Å². The second-order valence-corrected chi connectivity index (χ2v) is 5.98. The molecule has 3 aromatic rings. The number of hydrogen-bond acceptors (Lipinski definition) is 6. The van der Waals surface area contributed by atoms with Gasteiger partial charge < -0.3 is 9.26 Å². The van der Waals surface area contributed by atoms with E-state index in [4.69, 9.17) is 9.26 Å². The SMILES string of the molecule is Cn1nc(-c2nc([C@@H]3CCOC3)no2)cc1-c1cccs1. The highest BCUT2D eigenvalue weighted by Crippen LogP contribution is 2.29. The summed E-state index contributed by atoms with van der Waals surface area (Å²) in [4.78, 5) is 5.63. The third kappa shape index (κ3) is 2.28. The third-order valence-electron chi connectivity index (χ3n) is 3.61. The molecule has 7 heteroatoms. The molecule has 1 atom stereocenters. The van der Waals surface area contributed by atoms with Crippen LogP contribution in [-0.2, 0) is 11.8 Å². The maximum absolute atomic E-state index is 5.36. The van der Waals surface area contributed by atoms with Gasteiger partial charge in [0.15, 0.2) is 11.5 Å². The quantitative estimate of drug-likeness (QED) is 0.744. The molecule has 0 unspecified atom stereocenters. The molecule has 0 aliphatic carbocycles. The Labute approximate surface area is 125 Å². The van der Waals surface area contributed by atoms with Gasteiger partial charge in [-0.25, -0.2) is 0 Å². The topological polar surface area (TPSA) is 66.0 Å². The van der Waals surface area contributed by atoms with Crippen LogP contribution in [0.3, 0.4) is 0 Å². The van der Waals surface area contributed by atoms with Crippen molar-refractivity contribution in [2.75, 3.05) is 13.2 Å². The van der Waals surface area contributed by atoms with Crippen molar-refractivity contribution in [1.82, 2.24) is 19.9 Å². The number of nitrogens with zero attached hydrogens (tertiary/aromatic N) is 4. The molecule has 0 amide bonds. The molecule has 4 heterocycles. The molecule has 1 saturated heterocycles. The first-order valence-corrected chi connectivity index (χ1v) is 7.69. The second-order valence-electron chi connectivity index (χ2n) is 5.03. The molecule has 3 aromatic heterocycles. The van der Waals surface area contributed by atoms with Crippen LogP contribution >= 0.6 is 11.3 Å². The lowest BCUT2D eigenvalue weighted by Crippen LogP contribution is -1.99. The Hall–Kier alpha value is -1.99. The summed E-state index contributed by atoms with van der Waals surface area (Å²) in [5.41, 5.74) is 1.75. The van der Waals surface area contributed by atoms with E-state index >= 15 is 0 Å². The Morgan fingerprint density at radius 2 is 2.38 bits per heavy atom. The van der Waals surface area contributed by atoms with Gasteiger partial charge >= 0.3 is 0 Å². The molecule has 0 spiro atoms. The maximum Gasteiger partial charge on any atom is 0.278 e. The highest BCUT2D eigenvalue weighted by atomic mass is 32.1. The summed E-state index contributed by atoms with van der Waals surface area (Å²) in [6.45, 7) is 1.43. The van der Waals surface area contributed by atoms with E-state index in [1.54, 1.807) is 11.3 Å². The predicted octanol–water partition coefficient (Wildman–Crippen LogP) is 2.70. The fourth-order valence-corrected chi connectivity index (χ4v) is 3.24. The van der Waals surface area contributed by atoms with E-state index in [0.29, 0.717) is 24.0 Å². The monoisotopic (exact) mass is 302 g/mol. The minimum Gasteiger partial charge on any atom is -0.381 e. The summed E-state index contributed by atoms with van der Waals surface area (Å²) in [7, 11) is 1.92. The molecule has 108 valence electrons. The van der Waals surface area contributed by atoms with E-state index in [-0.39, 0.29) is 5.92 Å². The van der Waals surface area contributed by atoms with Crippen LogP contribution in [0.2, 0.25) is 0 Å². The summed E-state index contributed by atoms with van der Waals surface area (Å²) < 4.78 is 12.6. The van der Waals surface area contributed by atoms with Crippen LogP contribution in [0.4, 0.5) is 0 Å². The Morgan fingerprint density at radius 3 is 3.14 bits per heavy atom. The third-order valence-corrected chi connectivity index (χ3v) is 4.50. The predicted molar refractivity (Wildman–Crippen MR) is 78.0 cm³/mol. The first-order chi connectivity index (χ1) is 10.3. The molecule has 0 bridgehead atoms. The minimum atomic E-state index is 0.239. The van der Waals surface area contributed by atoms with E-state index in [9.17, 15) is 0 Å². The highest BCUT2D eigenvalue weighted by molar-refractivity contribution is 7.13. The summed E-state index contributed by atoms with van der Waals surface area (Å²) in [5, 5.41) is 10.6. The van der Waals surface area contributed by atoms with Gasteiger partial charge in [0.1, 0.15) is 0 Å². The van der Waals surface area contributed by atoms with E-state index in [0.717, 1.165) is 18.7 Å². The summed E-state index contributed by atoms with van der Waals surface area (Å²) in [5.74, 6) is 1.42. The lowest BCUT2D eigenvalue weighted by molar-refractivity contribution is 0.192. The first kappa shape index (κ1) is 12.7. The lowest BCUT2D eigenvalue weighted by atomic mass is 10.1. The Morgan fingerprint density at radius 1 is 1.43 bits per heavy atom. The second kappa shape index (κ2) is 5.09. The van der Waals surface area contributed by atoms with Crippen molar-refractivity contribution in [2.45, 2.75) is 12.3 Å². The van der Waals surface area contributed by atoms with Crippen molar-refractivity contribution in [3.63, 3.8) is 0 Å². The van der Waals surface area contributed by atoms with Gasteiger partial charge in [0.2, 0.25) is 0 Å². The molecule has 21 heavy (non-hydrogen) atoms. The lowest BCUT2D eigenvalue weighted by Gasteiger charge is -1.97. The van der Waals surface area contributed by atoms with Crippen LogP contribution in [0.1, 0.15) is 18.2 Å². The number of thiophene rings is 1. The van der Waals surface area contributed by atoms with Crippen molar-refractivity contribution >= 4 is 11.3 Å². The van der Waals surface area contributed by atoms with Crippen molar-refractivity contribution in [2.24, 2.45) is 7.05 Å². The van der Waals surface area contributed by atoms with Crippen molar-refractivity contribution in [3.05, 3.63) is 29.4 Å². The van der Waals surface area contributed by atoms with Crippen LogP contribution in [0, 0.1) is 0 Å². The van der Waals surface area contributed by atoms with Gasteiger partial charge in [-0.2, -0.15) is 10.1 Å². The zero-order valence-corrected chi connectivity index (χ0v) is 12.3. The summed E-state index contributed by atoms with van der Waals surface area (Å²) >= 11 is 1.68. The number of hydrogen-bond donors (Lipinski definition) is 0. The summed E-state index contributed by atoms with van der Waals surface area (Å²) in [6.07, 6.45) is 0.946. The van der Waals surface area contributed by atoms with Gasteiger partial charge in [0.05, 0.1) is 17.2 Å². The van der Waals surface area contributed by atoms with Crippen LogP contribution < -0.4 is 0 Å². The van der Waals surface area contributed by atoms with E-state index in [1.807, 2.05) is 29.2 Å². The molecule has 0 N–H and O–H groups in total. The zero-order valence-electron chi connectivity index (χ0n) is 11.5. The first-order valence-electron chi connectivity index (χ1n) is 6.81. The fourth-order valence-electron chi connectivity index (χ4n) is 2.47. The van der Waals surface area contributed by atoms with Gasteiger partial charge in [-0.3, -0.25) is 4.68 Å². The molecule has 1 fully saturated rings. The van der Waals surface area contributed by atoms with E-state index in [1.165, 1.54) is 4.88 Å². The smallest absolute Gasteiger partial charge is 0.278 e. The molecule has 1 aliphatic heterocycles. The van der Waals surface area contributed by atoms with Crippen molar-refractivity contribution in [1.29, 1.82) is 0 Å². The van der Waals surface area contributed by atoms with Gasteiger partial charge in [-0.1, -0.05) is 11.2 Å². The van der Waals surface area contributed by atoms with E-state index in [2.05, 4.69) is 21.3 Å². The fraction of sp³-hybridized carbons (Fsp3) is 0.357. The van der Waals surface area contributed by atoms with Gasteiger partial charge in [-0.15, -0.1) is 11.3 Å². The molecule has 6 nitrogen and oxygen atoms in total. The standard InChI is InChI=1S/C14H14N4O2S/c1-18-11(12-3-2-6-21-12)7-10(16-18)14-15-13(17-20-14)9-4-5-19-8-9/h2-3,6-7,9H,4-5,8H2,1H3/t9-/m1/s1. The largest absolute Gasteiger partial charge is 0.381 e. The molecule has 4 rings (SSSR count). The number of rotatable bonds is 3. The Kier molecular flexibility index (Phi) is 3.08. The Bertz CT molecular complexity index is 741. The van der Waals surface area contributed by atoms with Gasteiger partial charge in [-0.05, 0) is 23.9 Å². The van der Waals surface area contributed by atoms with E-state index < -0.39 is 0 Å². The average Bonchev–Trinajstić information content (AvgIpc) is 3.26. The van der Waals surface area contributed by atoms with Gasteiger partial charge in [0, 0.05) is 19.6 Å². The van der Waals surface area contributed by atoms with Crippen molar-refractivity contribution in [3.8, 4) is 22.2 Å². The number of aromatic nitrogens is 4.